The molecular weight excluding hydrogens is 1050 g/mol. The Morgan fingerprint density at radius 2 is 0.900 bits per heavy atom. The van der Waals surface area contributed by atoms with E-state index in [0.717, 1.165) is 0 Å². The third kappa shape index (κ3) is 22.5. The fraction of sp³-hybridized carbons (Fsp3) is 0. The predicted molar refractivity (Wildman–Crippen MR) is 15.3 cm³/mol. The molecule has 8 heteroatoms. The monoisotopic (exact) mass is 1040 g/mol. The zero-order valence-corrected chi connectivity index (χ0v) is 19.7. The van der Waals surface area contributed by atoms with Crippen LogP contribution in [-0.2, 0) is 9.59 Å². The van der Waals surface area contributed by atoms with Gasteiger partial charge in [-0.2, -0.15) is 0 Å². The molecule has 0 aliphatic carbocycles. The SMILES string of the molecule is O=C(O)C(=O)O.[Pu].[Pu].[U].[U]. The van der Waals surface area contributed by atoms with Gasteiger partial charge in [0.15, 0.2) is 0 Å². The van der Waals surface area contributed by atoms with Gasteiger partial charge in [0.1, 0.15) is 0 Å². The van der Waals surface area contributed by atoms with Crippen LogP contribution in [0.3, 0.4) is 0 Å². The van der Waals surface area contributed by atoms with Crippen LogP contribution in [-0.4, -0.2) is 22.2 Å². The summed E-state index contributed by atoms with van der Waals surface area (Å²) in [6, 6.07) is 0. The van der Waals surface area contributed by atoms with Crippen molar-refractivity contribution in [3.63, 3.8) is 0 Å². The molecule has 2 N–H and O–H groups in total. The molecule has 0 radical (unpaired) electrons. The summed E-state index contributed by atoms with van der Waals surface area (Å²) >= 11 is 0. The van der Waals surface area contributed by atoms with E-state index in [4.69, 9.17) is 19.8 Å². The van der Waals surface area contributed by atoms with Crippen molar-refractivity contribution in [3.8, 4) is 0 Å². The summed E-state index contributed by atoms with van der Waals surface area (Å²) in [5.41, 5.74) is 0. The molecule has 0 spiro atoms. The van der Waals surface area contributed by atoms with Crippen LogP contribution in [0.15, 0.2) is 0 Å². The van der Waals surface area contributed by atoms with Crippen LogP contribution < -0.4 is 0 Å². The first kappa shape index (κ1) is 29.2. The van der Waals surface area contributed by atoms with Gasteiger partial charge in [0, 0.05) is 121 Å². The third-order valence-corrected chi connectivity index (χ3v) is 0.183. The Labute approximate surface area is 149 Å². The fourth-order valence-electron chi connectivity index (χ4n) is 0. The second-order valence-electron chi connectivity index (χ2n) is 0.610. The first-order valence-corrected chi connectivity index (χ1v) is 1.11. The Morgan fingerprint density at radius 1 is 0.800 bits per heavy atom. The number of aliphatic carboxylic acids is 2. The molecule has 0 amide bonds. The standard InChI is InChI=1S/C2H2O4.2Pu.2U/c3-1(4)2(5)6;;;;/h(H,3,4)(H,5,6);;;;. The second-order valence-corrected chi connectivity index (χ2v) is 0.610. The third-order valence-electron chi connectivity index (χ3n) is 0.183. The minimum atomic E-state index is -1.82. The van der Waals surface area contributed by atoms with E-state index in [9.17, 15) is 0 Å². The van der Waals surface area contributed by atoms with Crippen LogP contribution in [0.5, 0.6) is 0 Å². The first-order valence-electron chi connectivity index (χ1n) is 1.11. The van der Waals surface area contributed by atoms with Crippen molar-refractivity contribution >= 4 is 11.9 Å². The van der Waals surface area contributed by atoms with E-state index in [1.807, 2.05) is 0 Å². The van der Waals surface area contributed by atoms with Crippen molar-refractivity contribution in [2.24, 2.45) is 0 Å². The van der Waals surface area contributed by atoms with E-state index in [1.54, 1.807) is 0 Å². The topological polar surface area (TPSA) is 74.6 Å². The van der Waals surface area contributed by atoms with Gasteiger partial charge in [-0.1, -0.05) is 0 Å². The van der Waals surface area contributed by atoms with Gasteiger partial charge < -0.3 is 10.2 Å². The molecule has 0 heterocycles. The molecule has 0 bridgehead atoms. The molecule has 0 aliphatic heterocycles. The minimum absolute atomic E-state index is 0. The number of rotatable bonds is 0. The molecule has 10 heavy (non-hydrogen) atoms. The zero-order chi connectivity index (χ0) is 5.15. The average Bonchev–Trinajstić information content (AvgIpc) is 1.36. The van der Waals surface area contributed by atoms with Crippen molar-refractivity contribution in [1.29, 1.82) is 0 Å². The Bertz CT molecular complexity index is 85.3. The summed E-state index contributed by atoms with van der Waals surface area (Å²) in [4.78, 5) is 18.2. The molecule has 0 saturated heterocycles. The van der Waals surface area contributed by atoms with Gasteiger partial charge in [-0.05, 0) is 0 Å². The largest absolute Gasteiger partial charge is 0.473 e. The zero-order valence-electron chi connectivity index (χ0n) is 4.53. The summed E-state index contributed by atoms with van der Waals surface area (Å²) in [6.45, 7) is 0. The maximum Gasteiger partial charge on any atom is 0.414 e. The van der Waals surface area contributed by atoms with E-state index >= 15 is 0 Å². The van der Waals surface area contributed by atoms with Gasteiger partial charge in [0.2, 0.25) is 0 Å². The van der Waals surface area contributed by atoms with Crippen LogP contribution in [0.2, 0.25) is 0 Å². The van der Waals surface area contributed by atoms with Gasteiger partial charge in [-0.25, -0.2) is 9.59 Å². The van der Waals surface area contributed by atoms with E-state index in [0.29, 0.717) is 0 Å². The molecule has 0 atom stereocenters. The Balaban J connectivity index is -0.0000000208. The first-order chi connectivity index (χ1) is 2.64. The Morgan fingerprint density at radius 3 is 0.900 bits per heavy atom. The molecule has 0 aromatic heterocycles. The normalized spacial score (nSPS) is 4.40. The molecule has 54 valence electrons. The van der Waals surface area contributed by atoms with Gasteiger partial charge in [-0.3, -0.25) is 0 Å². The van der Waals surface area contributed by atoms with Crippen molar-refractivity contribution in [2.45, 2.75) is 0 Å². The van der Waals surface area contributed by atoms with Gasteiger partial charge >= 0.3 is 11.9 Å². The van der Waals surface area contributed by atoms with Crippen LogP contribution in [0.1, 0.15) is 0 Å². The predicted octanol–water partition coefficient (Wildman–Crippen LogP) is -0.844. The smallest absolute Gasteiger partial charge is 0.414 e. The minimum Gasteiger partial charge on any atom is -0.473 e. The number of carboxylic acid groups (broad SMARTS) is 2. The van der Waals surface area contributed by atoms with Crippen LogP contribution in [0.4, 0.5) is 0 Å². The molecule has 0 fully saturated rings. The maximum absolute atomic E-state index is 9.10. The summed E-state index contributed by atoms with van der Waals surface area (Å²) in [5, 5.41) is 14.8. The van der Waals surface area contributed by atoms with Gasteiger partial charge in [0.25, 0.3) is 0 Å². The molecule has 4 nitrogen and oxygen atoms in total. The van der Waals surface area contributed by atoms with Crippen molar-refractivity contribution in [1.82, 2.24) is 0 Å². The van der Waals surface area contributed by atoms with Crippen LogP contribution >= 0.6 is 0 Å². The summed E-state index contributed by atoms with van der Waals surface area (Å²) in [7, 11) is 0. The molecule has 0 aromatic rings. The molecule has 0 unspecified atom stereocenters. The van der Waals surface area contributed by atoms with Crippen molar-refractivity contribution < 1.29 is 140 Å². The van der Waals surface area contributed by atoms with Crippen molar-refractivity contribution in [3.05, 3.63) is 0 Å². The second kappa shape index (κ2) is 17.9. The van der Waals surface area contributed by atoms with Gasteiger partial charge in [0.05, 0.1) is 0 Å². The van der Waals surface area contributed by atoms with Crippen molar-refractivity contribution in [2.75, 3.05) is 0 Å². The Kier molecular flexibility index (Phi) is 52.5. The van der Waals surface area contributed by atoms with Crippen LogP contribution in [0, 0.1) is 121 Å². The van der Waals surface area contributed by atoms with Crippen LogP contribution in [0.25, 0.3) is 0 Å². The molecular formula is C2H2O4Pu2U2. The van der Waals surface area contributed by atoms with Gasteiger partial charge in [-0.15, -0.1) is 0 Å². The summed E-state index contributed by atoms with van der Waals surface area (Å²) < 4.78 is 0. The quantitative estimate of drug-likeness (QED) is 0.311. The average molecular weight is 1050 g/mol. The number of carboxylic acids is 2. The van der Waals surface area contributed by atoms with E-state index in [1.165, 1.54) is 0 Å². The molecule has 0 aliphatic rings. The fourth-order valence-corrected chi connectivity index (χ4v) is 0. The number of carbonyl (C=O) groups is 2. The number of hydrogen-bond donors (Lipinski definition) is 2. The Hall–Kier alpha value is 3.02. The summed E-state index contributed by atoms with van der Waals surface area (Å²) in [6.07, 6.45) is 0. The number of hydrogen-bond acceptors (Lipinski definition) is 2. The summed E-state index contributed by atoms with van der Waals surface area (Å²) in [5.74, 6) is -3.65. The van der Waals surface area contributed by atoms with E-state index < -0.39 is 11.9 Å². The molecule has 0 rings (SSSR count). The molecule has 0 aromatic carbocycles. The van der Waals surface area contributed by atoms with E-state index in [2.05, 4.69) is 0 Å². The molecule has 0 saturated carbocycles. The maximum atomic E-state index is 9.10. The van der Waals surface area contributed by atoms with E-state index in [-0.39, 0.29) is 121 Å².